The summed E-state index contributed by atoms with van der Waals surface area (Å²) in [6.07, 6.45) is 0. The molecule has 2 heterocycles. The number of thiophene rings is 1. The van der Waals surface area contributed by atoms with Crippen molar-refractivity contribution in [3.8, 4) is 5.75 Å². The summed E-state index contributed by atoms with van der Waals surface area (Å²) in [7, 11) is 0. The SMILES string of the molecule is CCOc1ccc(NC(=O)N2CC(=O)N(CC(=O)NCc3cccs3)c3ccccc32)cc1. The molecule has 0 radical (unpaired) electrons. The Balaban J connectivity index is 1.46. The van der Waals surface area contributed by atoms with Gasteiger partial charge < -0.3 is 15.4 Å². The van der Waals surface area contributed by atoms with Crippen molar-refractivity contribution < 1.29 is 19.1 Å². The Morgan fingerprint density at radius 3 is 2.48 bits per heavy atom. The summed E-state index contributed by atoms with van der Waals surface area (Å²) in [4.78, 5) is 42.2. The highest BCUT2D eigenvalue weighted by atomic mass is 32.1. The number of hydrogen-bond donors (Lipinski definition) is 2. The quantitative estimate of drug-likeness (QED) is 0.556. The van der Waals surface area contributed by atoms with E-state index in [1.54, 1.807) is 59.9 Å². The number of urea groups is 1. The smallest absolute Gasteiger partial charge is 0.326 e. The molecule has 0 saturated heterocycles. The van der Waals surface area contributed by atoms with Gasteiger partial charge >= 0.3 is 6.03 Å². The van der Waals surface area contributed by atoms with Crippen LogP contribution in [0.3, 0.4) is 0 Å². The molecule has 0 fully saturated rings. The van der Waals surface area contributed by atoms with Crippen molar-refractivity contribution in [1.29, 1.82) is 0 Å². The molecule has 0 atom stereocenters. The summed E-state index contributed by atoms with van der Waals surface area (Å²) in [5.41, 5.74) is 1.66. The fourth-order valence-corrected chi connectivity index (χ4v) is 4.15. The minimum absolute atomic E-state index is 0.116. The maximum Gasteiger partial charge on any atom is 0.326 e. The van der Waals surface area contributed by atoms with Crippen molar-refractivity contribution in [2.24, 2.45) is 0 Å². The molecule has 33 heavy (non-hydrogen) atoms. The van der Waals surface area contributed by atoms with E-state index < -0.39 is 6.03 Å². The van der Waals surface area contributed by atoms with E-state index in [1.807, 2.05) is 24.4 Å². The van der Waals surface area contributed by atoms with Crippen LogP contribution in [0.5, 0.6) is 5.75 Å². The number of rotatable bonds is 7. The lowest BCUT2D eigenvalue weighted by Gasteiger charge is -2.35. The van der Waals surface area contributed by atoms with Crippen LogP contribution in [0.15, 0.2) is 66.0 Å². The maximum absolute atomic E-state index is 13.0. The minimum Gasteiger partial charge on any atom is -0.494 e. The van der Waals surface area contributed by atoms with E-state index in [2.05, 4.69) is 10.6 Å². The number of nitrogens with one attached hydrogen (secondary N) is 2. The standard InChI is InChI=1S/C24H24N4O4S/c1-2-32-18-11-9-17(10-12-18)26-24(31)28-16-23(30)27(20-7-3-4-8-21(20)28)15-22(29)25-14-19-6-5-13-33-19/h3-13H,2,14-16H2,1H3,(H,25,29)(H,26,31). The predicted octanol–water partition coefficient (Wildman–Crippen LogP) is 3.85. The van der Waals surface area contributed by atoms with Gasteiger partial charge in [-0.05, 0) is 54.8 Å². The molecule has 0 aliphatic carbocycles. The van der Waals surface area contributed by atoms with E-state index in [0.29, 0.717) is 36.0 Å². The largest absolute Gasteiger partial charge is 0.494 e. The summed E-state index contributed by atoms with van der Waals surface area (Å²) in [5, 5.41) is 7.60. The van der Waals surface area contributed by atoms with Gasteiger partial charge in [-0.1, -0.05) is 18.2 Å². The van der Waals surface area contributed by atoms with Crippen molar-refractivity contribution >= 4 is 46.2 Å². The van der Waals surface area contributed by atoms with Gasteiger partial charge in [0.25, 0.3) is 0 Å². The Morgan fingerprint density at radius 2 is 1.79 bits per heavy atom. The molecular formula is C24H24N4O4S. The van der Waals surface area contributed by atoms with Gasteiger partial charge in [0.1, 0.15) is 18.8 Å². The fraction of sp³-hybridized carbons (Fsp3) is 0.208. The van der Waals surface area contributed by atoms with Crippen LogP contribution in [-0.2, 0) is 16.1 Å². The number of carbonyl (C=O) groups is 3. The van der Waals surface area contributed by atoms with Crippen molar-refractivity contribution in [3.05, 3.63) is 70.9 Å². The summed E-state index contributed by atoms with van der Waals surface area (Å²) >= 11 is 1.55. The second-order valence-electron chi connectivity index (χ2n) is 7.30. The molecule has 2 aromatic carbocycles. The first-order valence-electron chi connectivity index (χ1n) is 10.5. The Labute approximate surface area is 195 Å². The monoisotopic (exact) mass is 464 g/mol. The van der Waals surface area contributed by atoms with Crippen LogP contribution in [0, 0.1) is 0 Å². The molecule has 9 heteroatoms. The topological polar surface area (TPSA) is 91.0 Å². The lowest BCUT2D eigenvalue weighted by Crippen LogP contribution is -2.51. The maximum atomic E-state index is 13.0. The Morgan fingerprint density at radius 1 is 1.03 bits per heavy atom. The van der Waals surface area contributed by atoms with Crippen LogP contribution >= 0.6 is 11.3 Å². The van der Waals surface area contributed by atoms with E-state index >= 15 is 0 Å². The lowest BCUT2D eigenvalue weighted by molar-refractivity contribution is -0.123. The first kappa shape index (κ1) is 22.3. The first-order chi connectivity index (χ1) is 16.0. The van der Waals surface area contributed by atoms with Crippen molar-refractivity contribution in [2.75, 3.05) is 34.8 Å². The number of carbonyl (C=O) groups excluding carboxylic acids is 3. The summed E-state index contributed by atoms with van der Waals surface area (Å²) < 4.78 is 5.42. The van der Waals surface area contributed by atoms with Crippen LogP contribution in [0.25, 0.3) is 0 Å². The van der Waals surface area contributed by atoms with Gasteiger partial charge in [0, 0.05) is 10.6 Å². The second kappa shape index (κ2) is 10.2. The molecule has 170 valence electrons. The number of nitrogens with zero attached hydrogens (tertiary/aromatic N) is 2. The van der Waals surface area contributed by atoms with E-state index in [-0.39, 0.29) is 24.9 Å². The van der Waals surface area contributed by atoms with Crippen LogP contribution in [-0.4, -0.2) is 37.5 Å². The Hall–Kier alpha value is -3.85. The normalized spacial score (nSPS) is 12.8. The Kier molecular flexibility index (Phi) is 6.89. The lowest BCUT2D eigenvalue weighted by atomic mass is 10.1. The van der Waals surface area contributed by atoms with Crippen molar-refractivity contribution in [1.82, 2.24) is 5.32 Å². The summed E-state index contributed by atoms with van der Waals surface area (Å²) in [5.74, 6) is 0.114. The van der Waals surface area contributed by atoms with Crippen LogP contribution in [0.2, 0.25) is 0 Å². The van der Waals surface area contributed by atoms with Gasteiger partial charge in [0.15, 0.2) is 0 Å². The first-order valence-corrected chi connectivity index (χ1v) is 11.4. The van der Waals surface area contributed by atoms with Crippen LogP contribution in [0.4, 0.5) is 21.9 Å². The van der Waals surface area contributed by atoms with Crippen LogP contribution in [0.1, 0.15) is 11.8 Å². The molecule has 1 aromatic heterocycles. The number of anilines is 3. The average Bonchev–Trinajstić information content (AvgIpc) is 3.34. The number of hydrogen-bond acceptors (Lipinski definition) is 5. The third-order valence-electron chi connectivity index (χ3n) is 5.06. The highest BCUT2D eigenvalue weighted by Gasteiger charge is 2.33. The van der Waals surface area contributed by atoms with E-state index in [9.17, 15) is 14.4 Å². The van der Waals surface area contributed by atoms with Gasteiger partial charge in [-0.15, -0.1) is 11.3 Å². The number of benzene rings is 2. The van der Waals surface area contributed by atoms with Gasteiger partial charge in [-0.2, -0.15) is 0 Å². The molecule has 0 unspecified atom stereocenters. The fourth-order valence-electron chi connectivity index (χ4n) is 3.51. The molecule has 4 amide bonds. The second-order valence-corrected chi connectivity index (χ2v) is 8.33. The number of amides is 4. The predicted molar refractivity (Wildman–Crippen MR) is 129 cm³/mol. The zero-order valence-corrected chi connectivity index (χ0v) is 18.9. The third kappa shape index (κ3) is 5.32. The minimum atomic E-state index is -0.429. The molecule has 3 aromatic rings. The zero-order chi connectivity index (χ0) is 23.2. The molecule has 0 saturated carbocycles. The molecule has 8 nitrogen and oxygen atoms in total. The van der Waals surface area contributed by atoms with Gasteiger partial charge in [0.2, 0.25) is 11.8 Å². The summed E-state index contributed by atoms with van der Waals surface area (Å²) in [6.45, 7) is 2.59. The number of fused-ring (bicyclic) bond motifs is 1. The molecule has 0 spiro atoms. The summed E-state index contributed by atoms with van der Waals surface area (Å²) in [6, 6.07) is 17.5. The number of para-hydroxylation sites is 2. The molecule has 1 aliphatic rings. The highest BCUT2D eigenvalue weighted by Crippen LogP contribution is 2.33. The van der Waals surface area contributed by atoms with E-state index in [1.165, 1.54) is 9.80 Å². The van der Waals surface area contributed by atoms with Crippen LogP contribution < -0.4 is 25.2 Å². The van der Waals surface area contributed by atoms with Gasteiger partial charge in [0.05, 0.1) is 24.5 Å². The van der Waals surface area contributed by atoms with E-state index in [0.717, 1.165) is 4.88 Å². The molecule has 4 rings (SSSR count). The van der Waals surface area contributed by atoms with E-state index in [4.69, 9.17) is 4.74 Å². The van der Waals surface area contributed by atoms with Crippen molar-refractivity contribution in [3.63, 3.8) is 0 Å². The molecular weight excluding hydrogens is 440 g/mol. The highest BCUT2D eigenvalue weighted by molar-refractivity contribution is 7.09. The zero-order valence-electron chi connectivity index (χ0n) is 18.1. The molecule has 0 bridgehead atoms. The van der Waals surface area contributed by atoms with Gasteiger partial charge in [-0.25, -0.2) is 4.79 Å². The third-order valence-corrected chi connectivity index (χ3v) is 5.94. The Bertz CT molecular complexity index is 1130. The average molecular weight is 465 g/mol. The number of ether oxygens (including phenoxy) is 1. The van der Waals surface area contributed by atoms with Gasteiger partial charge in [-0.3, -0.25) is 19.4 Å². The molecule has 2 N–H and O–H groups in total. The molecule has 1 aliphatic heterocycles. The van der Waals surface area contributed by atoms with Crippen molar-refractivity contribution in [2.45, 2.75) is 13.5 Å².